The zero-order valence-electron chi connectivity index (χ0n) is 27.2. The number of hydrogen-bond donors (Lipinski definition) is 2. The minimum Gasteiger partial charge on any atom is -0.497 e. The standard InChI is InChI=1S/C37H43N3O8/c1-46-27-17-15-26(16-18-27)39-21-10-5-8-14-30(42)47-24-28(25-12-6-4-7-13-25)38-34(43)31-29-19-20-37(48-29)32(31)35(44)40(33(37)36(39)45)22-9-2-3-11-23-41/h4-7,10,12-13,15-20,28-29,31-33,41H,2-3,8-9,11,14,21-24H2,1H3,(H,38,43)/b10-5-/t28-,29-,31+,32+,33-,37+/m0/s1. The van der Waals surface area contributed by atoms with Crippen molar-refractivity contribution < 1.29 is 38.5 Å². The molecule has 4 heterocycles. The van der Waals surface area contributed by atoms with E-state index in [0.29, 0.717) is 37.2 Å². The largest absolute Gasteiger partial charge is 0.497 e. The highest BCUT2D eigenvalue weighted by Gasteiger charge is 2.73. The van der Waals surface area contributed by atoms with Gasteiger partial charge >= 0.3 is 5.97 Å². The highest BCUT2D eigenvalue weighted by atomic mass is 16.5. The Hall–Kier alpha value is -4.48. The number of anilines is 1. The zero-order chi connectivity index (χ0) is 33.7. The molecule has 1 spiro atoms. The van der Waals surface area contributed by atoms with Crippen LogP contribution in [-0.2, 0) is 28.7 Å². The Bertz CT molecular complexity index is 1540. The Balaban J connectivity index is 1.39. The number of nitrogens with one attached hydrogen (secondary N) is 1. The molecule has 2 aromatic carbocycles. The van der Waals surface area contributed by atoms with Gasteiger partial charge in [-0.05, 0) is 49.1 Å². The number of esters is 1. The molecular weight excluding hydrogens is 614 g/mol. The van der Waals surface area contributed by atoms with Gasteiger partial charge in [-0.25, -0.2) is 0 Å². The summed E-state index contributed by atoms with van der Waals surface area (Å²) in [6.07, 6.45) is 9.97. The predicted octanol–water partition coefficient (Wildman–Crippen LogP) is 3.48. The van der Waals surface area contributed by atoms with E-state index in [0.717, 1.165) is 18.4 Å². The lowest BCUT2D eigenvalue weighted by atomic mass is 9.74. The average Bonchev–Trinajstić information content (AvgIpc) is 3.75. The molecule has 254 valence electrons. The van der Waals surface area contributed by atoms with E-state index in [1.165, 1.54) is 0 Å². The first-order valence-corrected chi connectivity index (χ1v) is 16.8. The first-order chi connectivity index (χ1) is 23.4. The molecule has 4 aliphatic rings. The Morgan fingerprint density at radius 3 is 2.48 bits per heavy atom. The predicted molar refractivity (Wildman–Crippen MR) is 177 cm³/mol. The second-order valence-electron chi connectivity index (χ2n) is 12.7. The summed E-state index contributed by atoms with van der Waals surface area (Å²) in [5.74, 6) is -2.59. The number of carbonyl (C=O) groups is 4. The summed E-state index contributed by atoms with van der Waals surface area (Å²) in [5.41, 5.74) is 0.0361. The van der Waals surface area contributed by atoms with Gasteiger partial charge in [0.15, 0.2) is 0 Å². The zero-order valence-corrected chi connectivity index (χ0v) is 27.2. The lowest BCUT2D eigenvalue weighted by molar-refractivity contribution is -0.145. The van der Waals surface area contributed by atoms with E-state index in [2.05, 4.69) is 5.32 Å². The van der Waals surface area contributed by atoms with Gasteiger partial charge < -0.3 is 34.4 Å². The van der Waals surface area contributed by atoms with Crippen LogP contribution in [0.3, 0.4) is 0 Å². The number of aliphatic hydroxyl groups excluding tert-OH is 1. The first-order valence-electron chi connectivity index (χ1n) is 16.8. The van der Waals surface area contributed by atoms with Crippen LogP contribution < -0.4 is 15.0 Å². The number of hydrogen-bond acceptors (Lipinski definition) is 8. The van der Waals surface area contributed by atoms with E-state index < -0.39 is 47.5 Å². The van der Waals surface area contributed by atoms with Crippen molar-refractivity contribution in [3.8, 4) is 5.75 Å². The number of likely N-dealkylation sites (tertiary alicyclic amines) is 1. The lowest BCUT2D eigenvalue weighted by Crippen LogP contribution is -2.56. The molecular formula is C37H43N3O8. The molecule has 0 saturated carbocycles. The van der Waals surface area contributed by atoms with Crippen LogP contribution >= 0.6 is 0 Å². The third-order valence-electron chi connectivity index (χ3n) is 9.77. The van der Waals surface area contributed by atoms with Crippen molar-refractivity contribution >= 4 is 29.4 Å². The quantitative estimate of drug-likeness (QED) is 0.238. The van der Waals surface area contributed by atoms with Gasteiger partial charge in [0, 0.05) is 31.8 Å². The van der Waals surface area contributed by atoms with E-state index in [-0.39, 0.29) is 38.0 Å². The van der Waals surface area contributed by atoms with Gasteiger partial charge in [-0.2, -0.15) is 0 Å². The van der Waals surface area contributed by atoms with Crippen LogP contribution in [0.2, 0.25) is 0 Å². The van der Waals surface area contributed by atoms with Crippen molar-refractivity contribution in [2.75, 3.05) is 38.3 Å². The van der Waals surface area contributed by atoms with E-state index >= 15 is 0 Å². The summed E-state index contributed by atoms with van der Waals surface area (Å²) in [7, 11) is 1.57. The van der Waals surface area contributed by atoms with Gasteiger partial charge in [0.25, 0.3) is 5.91 Å². The molecule has 2 fully saturated rings. The van der Waals surface area contributed by atoms with Crippen LogP contribution in [0.5, 0.6) is 5.75 Å². The van der Waals surface area contributed by atoms with Crippen molar-refractivity contribution in [2.24, 2.45) is 11.8 Å². The molecule has 11 heteroatoms. The summed E-state index contributed by atoms with van der Waals surface area (Å²) in [6, 6.07) is 14.7. The minimum atomic E-state index is -1.33. The third-order valence-corrected chi connectivity index (χ3v) is 9.77. The van der Waals surface area contributed by atoms with Gasteiger partial charge in [-0.1, -0.05) is 67.5 Å². The van der Waals surface area contributed by atoms with E-state index in [9.17, 15) is 24.3 Å². The molecule has 3 amide bonds. The third kappa shape index (κ3) is 6.49. The monoisotopic (exact) mass is 657 g/mol. The summed E-state index contributed by atoms with van der Waals surface area (Å²) in [4.78, 5) is 59.5. The van der Waals surface area contributed by atoms with Gasteiger partial charge in [-0.15, -0.1) is 0 Å². The van der Waals surface area contributed by atoms with E-state index in [1.54, 1.807) is 47.3 Å². The van der Waals surface area contributed by atoms with Crippen molar-refractivity contribution in [2.45, 2.75) is 62.3 Å². The number of nitrogens with zero attached hydrogens (tertiary/aromatic N) is 2. The summed E-state index contributed by atoms with van der Waals surface area (Å²) >= 11 is 0. The maximum absolute atomic E-state index is 14.9. The average molecular weight is 658 g/mol. The Morgan fingerprint density at radius 1 is 0.958 bits per heavy atom. The molecule has 2 N–H and O–H groups in total. The number of fused-ring (bicyclic) bond motifs is 2. The second-order valence-corrected chi connectivity index (χ2v) is 12.7. The Morgan fingerprint density at radius 2 is 1.73 bits per heavy atom. The number of cyclic esters (lactones) is 1. The van der Waals surface area contributed by atoms with E-state index in [1.807, 2.05) is 48.6 Å². The van der Waals surface area contributed by atoms with Crippen molar-refractivity contribution in [1.29, 1.82) is 0 Å². The summed E-state index contributed by atoms with van der Waals surface area (Å²) in [5, 5.41) is 12.3. The number of rotatable bonds is 9. The van der Waals surface area contributed by atoms with Crippen LogP contribution in [0.25, 0.3) is 0 Å². The van der Waals surface area contributed by atoms with Gasteiger partial charge in [-0.3, -0.25) is 19.2 Å². The molecule has 0 aliphatic carbocycles. The first kappa shape index (κ1) is 33.4. The van der Waals surface area contributed by atoms with Crippen LogP contribution in [0.1, 0.15) is 50.1 Å². The number of allylic oxidation sites excluding steroid dienone is 1. The smallest absolute Gasteiger partial charge is 0.306 e. The second kappa shape index (κ2) is 14.7. The number of unbranched alkanes of at least 4 members (excludes halogenated alkanes) is 3. The maximum Gasteiger partial charge on any atom is 0.306 e. The van der Waals surface area contributed by atoms with Gasteiger partial charge in [0.05, 0.1) is 31.1 Å². The molecule has 6 rings (SSSR count). The normalized spacial score (nSPS) is 29.5. The minimum absolute atomic E-state index is 0.0670. The van der Waals surface area contributed by atoms with Crippen LogP contribution in [0, 0.1) is 11.8 Å². The SMILES string of the molecule is COc1ccc(N2C/C=C\CCC(=O)OC[C@@H](c3ccccc3)NC(=O)[C@@H]3[C@@H]4C=C[C@]5(O4)[C@H](C2=O)N(CCCCCCO)C(=O)[C@@H]35)cc1. The Kier molecular flexibility index (Phi) is 10.3. The number of methoxy groups -OCH3 is 1. The highest BCUT2D eigenvalue weighted by molar-refractivity contribution is 6.05. The topological polar surface area (TPSA) is 135 Å². The van der Waals surface area contributed by atoms with E-state index in [4.69, 9.17) is 14.2 Å². The molecule has 6 atom stereocenters. The number of amides is 3. The number of benzene rings is 2. The van der Waals surface area contributed by atoms with Crippen molar-refractivity contribution in [3.05, 3.63) is 84.5 Å². The van der Waals surface area contributed by atoms with Crippen LogP contribution in [0.4, 0.5) is 5.69 Å². The molecule has 5 bridgehead atoms. The number of aliphatic hydroxyl groups is 1. The molecule has 0 aromatic heterocycles. The number of carbonyl (C=O) groups excluding carboxylic acids is 4. The fourth-order valence-corrected chi connectivity index (χ4v) is 7.39. The van der Waals surface area contributed by atoms with Crippen LogP contribution in [0.15, 0.2) is 78.9 Å². The fraction of sp³-hybridized carbons (Fsp3) is 0.459. The molecule has 2 aromatic rings. The van der Waals surface area contributed by atoms with Crippen LogP contribution in [-0.4, -0.2) is 84.9 Å². The molecule has 48 heavy (non-hydrogen) atoms. The maximum atomic E-state index is 14.9. The summed E-state index contributed by atoms with van der Waals surface area (Å²) < 4.78 is 17.5. The van der Waals surface area contributed by atoms with Crippen molar-refractivity contribution in [1.82, 2.24) is 10.2 Å². The van der Waals surface area contributed by atoms with Gasteiger partial charge in [0.1, 0.15) is 24.0 Å². The molecule has 4 aliphatic heterocycles. The number of ether oxygens (including phenoxy) is 3. The fourth-order valence-electron chi connectivity index (χ4n) is 7.39. The lowest BCUT2D eigenvalue weighted by Gasteiger charge is -2.36. The Labute approximate surface area is 280 Å². The van der Waals surface area contributed by atoms with Gasteiger partial charge in [0.2, 0.25) is 11.8 Å². The van der Waals surface area contributed by atoms with Crippen molar-refractivity contribution in [3.63, 3.8) is 0 Å². The molecule has 0 unspecified atom stereocenters. The molecule has 2 saturated heterocycles. The molecule has 11 nitrogen and oxygen atoms in total. The highest BCUT2D eigenvalue weighted by Crippen LogP contribution is 2.55. The molecule has 0 radical (unpaired) electrons. The summed E-state index contributed by atoms with van der Waals surface area (Å²) in [6.45, 7) is 0.523.